The van der Waals surface area contributed by atoms with Crippen LogP contribution in [-0.4, -0.2) is 42.1 Å². The molecule has 1 aromatic rings. The van der Waals surface area contributed by atoms with E-state index >= 15 is 0 Å². The van der Waals surface area contributed by atoms with E-state index in [-0.39, 0.29) is 12.1 Å². The Morgan fingerprint density at radius 1 is 1.65 bits per heavy atom. The number of amides is 2. The third kappa shape index (κ3) is 3.71. The van der Waals surface area contributed by atoms with Gasteiger partial charge in [-0.15, -0.1) is 0 Å². The van der Waals surface area contributed by atoms with Gasteiger partial charge in [0.2, 0.25) is 0 Å². The molecule has 5 heteroatoms. The van der Waals surface area contributed by atoms with Crippen LogP contribution in [0.2, 0.25) is 0 Å². The number of aromatic nitrogens is 1. The number of hydrogen-bond acceptors (Lipinski definition) is 3. The molecule has 1 saturated heterocycles. The predicted molar refractivity (Wildman–Crippen MR) is 65.5 cm³/mol. The van der Waals surface area contributed by atoms with Gasteiger partial charge in [0.25, 0.3) is 0 Å². The topological polar surface area (TPSA) is 57.3 Å². The molecule has 0 bridgehead atoms. The van der Waals surface area contributed by atoms with Gasteiger partial charge in [-0.25, -0.2) is 4.79 Å². The zero-order chi connectivity index (χ0) is 12.1. The molecule has 0 spiro atoms. The van der Waals surface area contributed by atoms with Gasteiger partial charge in [-0.2, -0.15) is 0 Å². The van der Waals surface area contributed by atoms with Crippen LogP contribution < -0.4 is 10.6 Å². The molecule has 2 N–H and O–H groups in total. The minimum atomic E-state index is -0.103. The van der Waals surface area contributed by atoms with E-state index in [9.17, 15) is 4.79 Å². The van der Waals surface area contributed by atoms with Gasteiger partial charge in [-0.3, -0.25) is 4.98 Å². The van der Waals surface area contributed by atoms with Crippen LogP contribution in [-0.2, 0) is 6.54 Å². The summed E-state index contributed by atoms with van der Waals surface area (Å²) >= 11 is 0. The Bertz CT molecular complexity index is 368. The maximum Gasteiger partial charge on any atom is 0.315 e. The summed E-state index contributed by atoms with van der Waals surface area (Å²) < 4.78 is 0. The molecule has 2 rings (SSSR count). The second-order valence-electron chi connectivity index (χ2n) is 4.44. The van der Waals surface area contributed by atoms with E-state index < -0.39 is 0 Å². The van der Waals surface area contributed by atoms with Crippen LogP contribution >= 0.6 is 0 Å². The summed E-state index contributed by atoms with van der Waals surface area (Å²) in [5, 5.41) is 5.80. The Balaban J connectivity index is 1.71. The molecule has 2 amide bonds. The number of hydrogen-bond donors (Lipinski definition) is 2. The summed E-state index contributed by atoms with van der Waals surface area (Å²) in [5.74, 6) is 0. The fourth-order valence-electron chi connectivity index (χ4n) is 1.97. The van der Waals surface area contributed by atoms with Crippen molar-refractivity contribution in [2.75, 3.05) is 20.1 Å². The van der Waals surface area contributed by atoms with E-state index in [1.54, 1.807) is 12.4 Å². The highest BCUT2D eigenvalue weighted by Crippen LogP contribution is 2.05. The molecule has 1 aliphatic rings. The first-order chi connectivity index (χ1) is 8.24. The second-order valence-corrected chi connectivity index (χ2v) is 4.44. The lowest BCUT2D eigenvalue weighted by atomic mass is 10.2. The van der Waals surface area contributed by atoms with Gasteiger partial charge in [-0.1, -0.05) is 6.07 Å². The number of carbonyl (C=O) groups excluding carboxylic acids is 1. The number of likely N-dealkylation sites (tertiary alicyclic amines) is 1. The van der Waals surface area contributed by atoms with Crippen molar-refractivity contribution < 1.29 is 4.79 Å². The largest absolute Gasteiger partial charge is 0.334 e. The molecule has 1 fully saturated rings. The van der Waals surface area contributed by atoms with E-state index in [1.807, 2.05) is 12.1 Å². The Morgan fingerprint density at radius 3 is 3.18 bits per heavy atom. The van der Waals surface area contributed by atoms with Crippen LogP contribution in [0.15, 0.2) is 24.5 Å². The van der Waals surface area contributed by atoms with Gasteiger partial charge in [0.05, 0.1) is 0 Å². The van der Waals surface area contributed by atoms with E-state index in [4.69, 9.17) is 0 Å². The van der Waals surface area contributed by atoms with Gasteiger partial charge < -0.3 is 15.5 Å². The van der Waals surface area contributed by atoms with E-state index in [0.717, 1.165) is 25.1 Å². The quantitative estimate of drug-likeness (QED) is 0.804. The van der Waals surface area contributed by atoms with Gasteiger partial charge in [0, 0.05) is 31.5 Å². The minimum absolute atomic E-state index is 0.103. The van der Waals surface area contributed by atoms with Crippen LogP contribution in [0.25, 0.3) is 0 Å². The molecule has 17 heavy (non-hydrogen) atoms. The highest BCUT2D eigenvalue weighted by molar-refractivity contribution is 5.74. The lowest BCUT2D eigenvalue weighted by molar-refractivity contribution is 0.236. The van der Waals surface area contributed by atoms with E-state index in [1.165, 1.54) is 0 Å². The number of likely N-dealkylation sites (N-methyl/N-ethyl adjacent to an activating group) is 1. The maximum absolute atomic E-state index is 11.6. The highest BCUT2D eigenvalue weighted by atomic mass is 16.2. The summed E-state index contributed by atoms with van der Waals surface area (Å²) in [6, 6.07) is 3.97. The maximum atomic E-state index is 11.6. The average Bonchev–Trinajstić information content (AvgIpc) is 2.73. The number of urea groups is 1. The molecule has 2 heterocycles. The summed E-state index contributed by atoms with van der Waals surface area (Å²) in [6.45, 7) is 2.50. The van der Waals surface area contributed by atoms with E-state index in [0.29, 0.717) is 6.54 Å². The van der Waals surface area contributed by atoms with Crippen molar-refractivity contribution in [2.24, 2.45) is 0 Å². The molecule has 92 valence electrons. The van der Waals surface area contributed by atoms with Crippen LogP contribution in [0.4, 0.5) is 4.79 Å². The van der Waals surface area contributed by atoms with Crippen LogP contribution in [0.5, 0.6) is 0 Å². The number of pyridine rings is 1. The van der Waals surface area contributed by atoms with Crippen molar-refractivity contribution in [1.82, 2.24) is 20.5 Å². The number of carbonyl (C=O) groups is 1. The first-order valence-electron chi connectivity index (χ1n) is 5.86. The van der Waals surface area contributed by atoms with Gasteiger partial charge >= 0.3 is 6.03 Å². The predicted octanol–water partition coefficient (Wildman–Crippen LogP) is 0.585. The van der Waals surface area contributed by atoms with Crippen LogP contribution in [0.3, 0.4) is 0 Å². The Morgan fingerprint density at radius 2 is 2.53 bits per heavy atom. The summed E-state index contributed by atoms with van der Waals surface area (Å²) in [5.41, 5.74) is 1.01. The molecular formula is C12H18N4O. The van der Waals surface area contributed by atoms with Gasteiger partial charge in [0.1, 0.15) is 0 Å². The molecular weight excluding hydrogens is 216 g/mol. The third-order valence-electron chi connectivity index (χ3n) is 2.90. The number of rotatable bonds is 3. The molecule has 1 aromatic heterocycles. The first-order valence-corrected chi connectivity index (χ1v) is 5.86. The lowest BCUT2D eigenvalue weighted by Gasteiger charge is -2.13. The minimum Gasteiger partial charge on any atom is -0.334 e. The SMILES string of the molecule is CN1CC[C@@H](NC(=O)NCc2cccnc2)C1. The second kappa shape index (κ2) is 5.63. The average molecular weight is 234 g/mol. The summed E-state index contributed by atoms with van der Waals surface area (Å²) in [7, 11) is 2.06. The molecule has 1 aliphatic heterocycles. The van der Waals surface area contributed by atoms with Crippen LogP contribution in [0, 0.1) is 0 Å². The standard InChI is InChI=1S/C12H18N4O/c1-16-6-4-11(9-16)15-12(17)14-8-10-3-2-5-13-7-10/h2-3,5,7,11H,4,6,8-9H2,1H3,(H2,14,15,17)/t11-/m1/s1. The first kappa shape index (κ1) is 11.9. The molecule has 0 radical (unpaired) electrons. The van der Waals surface area contributed by atoms with Crippen molar-refractivity contribution in [3.05, 3.63) is 30.1 Å². The smallest absolute Gasteiger partial charge is 0.315 e. The van der Waals surface area contributed by atoms with E-state index in [2.05, 4.69) is 27.6 Å². The molecule has 0 aromatic carbocycles. The fraction of sp³-hybridized carbons (Fsp3) is 0.500. The van der Waals surface area contributed by atoms with Crippen LogP contribution in [0.1, 0.15) is 12.0 Å². The molecule has 5 nitrogen and oxygen atoms in total. The Kier molecular flexibility index (Phi) is 3.93. The number of nitrogens with one attached hydrogen (secondary N) is 2. The van der Waals surface area contributed by atoms with Crippen molar-refractivity contribution in [3.63, 3.8) is 0 Å². The van der Waals surface area contributed by atoms with Crippen molar-refractivity contribution in [3.8, 4) is 0 Å². The molecule has 0 unspecified atom stereocenters. The van der Waals surface area contributed by atoms with Gasteiger partial charge in [-0.05, 0) is 31.6 Å². The Hall–Kier alpha value is -1.62. The van der Waals surface area contributed by atoms with Gasteiger partial charge in [0.15, 0.2) is 0 Å². The molecule has 0 aliphatic carbocycles. The molecule has 1 atom stereocenters. The summed E-state index contributed by atoms with van der Waals surface area (Å²) in [6.07, 6.45) is 4.50. The molecule has 0 saturated carbocycles. The van der Waals surface area contributed by atoms with Crippen molar-refractivity contribution in [2.45, 2.75) is 19.0 Å². The highest BCUT2D eigenvalue weighted by Gasteiger charge is 2.20. The fourth-order valence-corrected chi connectivity index (χ4v) is 1.97. The Labute approximate surface area is 101 Å². The lowest BCUT2D eigenvalue weighted by Crippen LogP contribution is -2.42. The van der Waals surface area contributed by atoms with Crippen molar-refractivity contribution >= 4 is 6.03 Å². The number of nitrogens with zero attached hydrogens (tertiary/aromatic N) is 2. The van der Waals surface area contributed by atoms with Crippen molar-refractivity contribution in [1.29, 1.82) is 0 Å². The third-order valence-corrected chi connectivity index (χ3v) is 2.90. The zero-order valence-corrected chi connectivity index (χ0v) is 10.0. The zero-order valence-electron chi connectivity index (χ0n) is 10.0. The monoisotopic (exact) mass is 234 g/mol. The normalized spacial score (nSPS) is 20.2. The summed E-state index contributed by atoms with van der Waals surface area (Å²) in [4.78, 5) is 17.8.